The Kier molecular flexibility index (Phi) is 3.23. The van der Waals surface area contributed by atoms with Gasteiger partial charge < -0.3 is 10.3 Å². The highest BCUT2D eigenvalue weighted by Gasteiger charge is 2.07. The molecule has 2 N–H and O–H groups in total. The van der Waals surface area contributed by atoms with Crippen LogP contribution in [0.4, 0.5) is 5.69 Å². The van der Waals surface area contributed by atoms with Crippen LogP contribution in [0.3, 0.4) is 0 Å². The Morgan fingerprint density at radius 1 is 1.35 bits per heavy atom. The van der Waals surface area contributed by atoms with Crippen LogP contribution < -0.4 is 11.3 Å². The normalized spacial score (nSPS) is 11.1. The van der Waals surface area contributed by atoms with Gasteiger partial charge >= 0.3 is 0 Å². The van der Waals surface area contributed by atoms with Crippen LogP contribution in [-0.2, 0) is 5.75 Å². The minimum atomic E-state index is -0.209. The van der Waals surface area contributed by atoms with Crippen molar-refractivity contribution in [1.29, 1.82) is 0 Å². The summed E-state index contributed by atoms with van der Waals surface area (Å²) in [5, 5.41) is 0. The first kappa shape index (κ1) is 12.8. The third kappa shape index (κ3) is 2.42. The van der Waals surface area contributed by atoms with E-state index < -0.39 is 0 Å². The van der Waals surface area contributed by atoms with Gasteiger partial charge in [0, 0.05) is 28.5 Å². The second-order valence-corrected chi connectivity index (χ2v) is 5.43. The van der Waals surface area contributed by atoms with Gasteiger partial charge in [0.15, 0.2) is 5.65 Å². The molecular weight excluding hydrogens is 274 g/mol. The van der Waals surface area contributed by atoms with Crippen LogP contribution in [0.25, 0.3) is 5.65 Å². The quantitative estimate of drug-likeness (QED) is 0.591. The zero-order valence-corrected chi connectivity index (χ0v) is 11.7. The smallest absolute Gasteiger partial charge is 0.287 e. The molecule has 102 valence electrons. The van der Waals surface area contributed by atoms with Gasteiger partial charge in [-0.15, -0.1) is 16.3 Å². The van der Waals surface area contributed by atoms with Crippen LogP contribution >= 0.6 is 11.8 Å². The van der Waals surface area contributed by atoms with Crippen LogP contribution in [0.5, 0.6) is 0 Å². The van der Waals surface area contributed by atoms with Crippen molar-refractivity contribution < 1.29 is 4.52 Å². The summed E-state index contributed by atoms with van der Waals surface area (Å²) in [5.74, 6) is 1.25. The van der Waals surface area contributed by atoms with Gasteiger partial charge in [-0.2, -0.15) is 0 Å². The maximum atomic E-state index is 11.9. The van der Waals surface area contributed by atoms with Crippen LogP contribution in [-0.4, -0.2) is 9.56 Å². The second-order valence-electron chi connectivity index (χ2n) is 4.41. The SMILES string of the molecule is Cc1cc2nc(CSc3ccccc3N)cc(=O)n2o1. The number of hydrogen-bond donors (Lipinski definition) is 1. The van der Waals surface area contributed by atoms with Crippen LogP contribution in [0.2, 0.25) is 0 Å². The molecule has 0 bridgehead atoms. The van der Waals surface area contributed by atoms with Crippen molar-refractivity contribution in [3.63, 3.8) is 0 Å². The first-order valence-electron chi connectivity index (χ1n) is 6.10. The molecule has 0 fully saturated rings. The summed E-state index contributed by atoms with van der Waals surface area (Å²) in [7, 11) is 0. The van der Waals surface area contributed by atoms with Gasteiger partial charge in [0.1, 0.15) is 5.76 Å². The zero-order chi connectivity index (χ0) is 14.1. The summed E-state index contributed by atoms with van der Waals surface area (Å²) in [4.78, 5) is 17.3. The summed E-state index contributed by atoms with van der Waals surface area (Å²) in [5.41, 5.74) is 7.65. The van der Waals surface area contributed by atoms with Gasteiger partial charge in [-0.25, -0.2) is 4.98 Å². The van der Waals surface area contributed by atoms with Crippen molar-refractivity contribution in [1.82, 2.24) is 9.56 Å². The summed E-state index contributed by atoms with van der Waals surface area (Å²) in [6.45, 7) is 1.78. The maximum absolute atomic E-state index is 11.9. The number of aryl methyl sites for hydroxylation is 1. The average Bonchev–Trinajstić information content (AvgIpc) is 2.79. The Balaban J connectivity index is 1.88. The summed E-state index contributed by atoms with van der Waals surface area (Å²) >= 11 is 1.56. The number of rotatable bonds is 3. The highest BCUT2D eigenvalue weighted by atomic mass is 32.2. The fourth-order valence-electron chi connectivity index (χ4n) is 1.91. The molecule has 0 atom stereocenters. The van der Waals surface area contributed by atoms with Crippen molar-refractivity contribution in [2.75, 3.05) is 5.73 Å². The molecule has 5 nitrogen and oxygen atoms in total. The van der Waals surface area contributed by atoms with E-state index in [2.05, 4.69) is 4.98 Å². The molecule has 0 radical (unpaired) electrons. The van der Waals surface area contributed by atoms with Crippen molar-refractivity contribution in [2.24, 2.45) is 0 Å². The summed E-state index contributed by atoms with van der Waals surface area (Å²) in [6, 6.07) is 10.9. The second kappa shape index (κ2) is 5.05. The molecule has 2 heterocycles. The van der Waals surface area contributed by atoms with Crippen molar-refractivity contribution in [3.8, 4) is 0 Å². The first-order chi connectivity index (χ1) is 9.63. The average molecular weight is 287 g/mol. The predicted octanol–water partition coefficient (Wildman–Crippen LogP) is 2.47. The van der Waals surface area contributed by atoms with E-state index in [1.54, 1.807) is 24.8 Å². The van der Waals surface area contributed by atoms with Gasteiger partial charge in [0.2, 0.25) is 0 Å². The molecule has 0 aliphatic rings. The molecule has 0 amide bonds. The van der Waals surface area contributed by atoms with Gasteiger partial charge in [-0.05, 0) is 19.1 Å². The van der Waals surface area contributed by atoms with Crippen LogP contribution in [0.15, 0.2) is 50.6 Å². The molecule has 20 heavy (non-hydrogen) atoms. The first-order valence-corrected chi connectivity index (χ1v) is 7.09. The number of benzene rings is 1. The van der Waals surface area contributed by atoms with E-state index in [0.717, 1.165) is 10.6 Å². The Hall–Kier alpha value is -2.21. The summed E-state index contributed by atoms with van der Waals surface area (Å²) < 4.78 is 6.45. The van der Waals surface area contributed by atoms with Gasteiger partial charge in [-0.3, -0.25) is 4.79 Å². The van der Waals surface area contributed by atoms with Crippen molar-refractivity contribution >= 4 is 23.1 Å². The standard InChI is InChI=1S/C14H13N3O2S/c1-9-6-13-16-10(7-14(18)17(13)19-9)8-20-12-5-3-2-4-11(12)15/h2-7H,8,15H2,1H3. The highest BCUT2D eigenvalue weighted by Crippen LogP contribution is 2.26. The number of nitrogen functional groups attached to an aromatic ring is 1. The Bertz CT molecular complexity index is 823. The van der Waals surface area contributed by atoms with E-state index in [1.165, 1.54) is 10.6 Å². The molecule has 0 aliphatic carbocycles. The largest absolute Gasteiger partial charge is 0.398 e. The summed E-state index contributed by atoms with van der Waals surface area (Å²) in [6.07, 6.45) is 0. The topological polar surface area (TPSA) is 73.5 Å². The molecule has 1 aromatic carbocycles. The van der Waals surface area contributed by atoms with Crippen LogP contribution in [0.1, 0.15) is 11.5 Å². The Morgan fingerprint density at radius 2 is 2.15 bits per heavy atom. The van der Waals surface area contributed by atoms with E-state index in [9.17, 15) is 4.79 Å². The minimum absolute atomic E-state index is 0.209. The molecule has 3 aromatic rings. The van der Waals surface area contributed by atoms with E-state index in [-0.39, 0.29) is 5.56 Å². The number of nitrogens with two attached hydrogens (primary N) is 1. The fourth-order valence-corrected chi connectivity index (χ4v) is 2.77. The minimum Gasteiger partial charge on any atom is -0.398 e. The number of fused-ring (bicyclic) bond motifs is 1. The molecule has 0 spiro atoms. The third-order valence-electron chi connectivity index (χ3n) is 2.82. The number of thioether (sulfide) groups is 1. The molecular formula is C14H13N3O2S. The van der Waals surface area contributed by atoms with Gasteiger partial charge in [0.05, 0.1) is 5.69 Å². The lowest BCUT2D eigenvalue weighted by Crippen LogP contribution is -2.12. The van der Waals surface area contributed by atoms with Crippen molar-refractivity contribution in [3.05, 3.63) is 58.2 Å². The molecule has 0 saturated heterocycles. The Labute approximate surface area is 119 Å². The maximum Gasteiger partial charge on any atom is 0.287 e. The highest BCUT2D eigenvalue weighted by molar-refractivity contribution is 7.98. The number of anilines is 1. The Morgan fingerprint density at radius 3 is 2.95 bits per heavy atom. The van der Waals surface area contributed by atoms with Crippen LogP contribution in [0, 0.1) is 6.92 Å². The molecule has 0 aliphatic heterocycles. The predicted molar refractivity (Wildman–Crippen MR) is 78.9 cm³/mol. The van der Waals surface area contributed by atoms with E-state index in [4.69, 9.17) is 10.3 Å². The lowest BCUT2D eigenvalue weighted by atomic mass is 10.3. The number of para-hydroxylation sites is 1. The van der Waals surface area contributed by atoms with Gasteiger partial charge in [-0.1, -0.05) is 12.1 Å². The molecule has 2 aromatic heterocycles. The molecule has 0 unspecified atom stereocenters. The molecule has 0 saturated carbocycles. The number of hydrogen-bond acceptors (Lipinski definition) is 5. The fraction of sp³-hybridized carbons (Fsp3) is 0.143. The molecule has 3 rings (SSSR count). The van der Waals surface area contributed by atoms with E-state index in [1.807, 2.05) is 24.3 Å². The third-order valence-corrected chi connectivity index (χ3v) is 3.94. The van der Waals surface area contributed by atoms with Gasteiger partial charge in [0.25, 0.3) is 5.56 Å². The lowest BCUT2D eigenvalue weighted by Gasteiger charge is -2.04. The zero-order valence-electron chi connectivity index (χ0n) is 10.9. The van der Waals surface area contributed by atoms with E-state index >= 15 is 0 Å². The lowest BCUT2D eigenvalue weighted by molar-refractivity contribution is 0.344. The number of nitrogens with zero attached hydrogens (tertiary/aromatic N) is 2. The molecule has 6 heteroatoms. The van der Waals surface area contributed by atoms with E-state index in [0.29, 0.717) is 22.9 Å². The monoisotopic (exact) mass is 287 g/mol. The number of aromatic nitrogens is 2. The van der Waals surface area contributed by atoms with Crippen molar-refractivity contribution in [2.45, 2.75) is 17.6 Å².